The zero-order chi connectivity index (χ0) is 18.5. The molecule has 3 nitrogen and oxygen atoms in total. The van der Waals surface area contributed by atoms with E-state index in [1.54, 1.807) is 31.2 Å². The number of benzene rings is 2. The Bertz CT molecular complexity index is 757. The van der Waals surface area contributed by atoms with E-state index in [0.29, 0.717) is 10.8 Å². The topological polar surface area (TPSA) is 38.3 Å². The molecule has 0 aromatic heterocycles. The maximum absolute atomic E-state index is 12.6. The molecular formula is C22H26ClNO2. The highest BCUT2D eigenvalue weighted by Gasteiger charge is 2.20. The molecular weight excluding hydrogens is 346 g/mol. The third-order valence-corrected chi connectivity index (χ3v) is 5.25. The van der Waals surface area contributed by atoms with E-state index in [2.05, 4.69) is 30.4 Å². The largest absolute Gasteiger partial charge is 0.481 e. The molecule has 1 aliphatic rings. The van der Waals surface area contributed by atoms with E-state index in [1.165, 1.54) is 36.0 Å². The van der Waals surface area contributed by atoms with E-state index in [-0.39, 0.29) is 11.9 Å². The minimum atomic E-state index is -0.567. The van der Waals surface area contributed by atoms with E-state index >= 15 is 0 Å². The molecule has 0 fully saturated rings. The van der Waals surface area contributed by atoms with Gasteiger partial charge in [-0.3, -0.25) is 4.79 Å². The van der Waals surface area contributed by atoms with Crippen LogP contribution in [0.15, 0.2) is 42.5 Å². The Balaban J connectivity index is 1.65. The van der Waals surface area contributed by atoms with Crippen molar-refractivity contribution in [2.24, 2.45) is 0 Å². The summed E-state index contributed by atoms with van der Waals surface area (Å²) in [6, 6.07) is 13.7. The first-order valence-electron chi connectivity index (χ1n) is 9.41. The lowest BCUT2D eigenvalue weighted by atomic mass is 9.89. The number of carbonyl (C=O) groups is 1. The Labute approximate surface area is 160 Å². The second-order valence-corrected chi connectivity index (χ2v) is 7.36. The van der Waals surface area contributed by atoms with Crippen LogP contribution in [-0.4, -0.2) is 12.0 Å². The van der Waals surface area contributed by atoms with Crippen molar-refractivity contribution in [2.75, 3.05) is 0 Å². The molecule has 26 heavy (non-hydrogen) atoms. The van der Waals surface area contributed by atoms with Gasteiger partial charge >= 0.3 is 0 Å². The molecule has 4 heteroatoms. The molecule has 138 valence electrons. The summed E-state index contributed by atoms with van der Waals surface area (Å²) >= 11 is 5.88. The smallest absolute Gasteiger partial charge is 0.261 e. The van der Waals surface area contributed by atoms with Gasteiger partial charge in [0.1, 0.15) is 5.75 Å². The molecule has 1 amide bonds. The van der Waals surface area contributed by atoms with E-state index in [1.807, 2.05) is 0 Å². The summed E-state index contributed by atoms with van der Waals surface area (Å²) in [5.74, 6) is 0.531. The first-order chi connectivity index (χ1) is 12.6. The van der Waals surface area contributed by atoms with Crippen molar-refractivity contribution >= 4 is 17.5 Å². The summed E-state index contributed by atoms with van der Waals surface area (Å²) in [4.78, 5) is 12.6. The fourth-order valence-corrected chi connectivity index (χ4v) is 3.58. The number of halogens is 1. The van der Waals surface area contributed by atoms with E-state index in [4.69, 9.17) is 16.3 Å². The van der Waals surface area contributed by atoms with Crippen molar-refractivity contribution in [1.29, 1.82) is 0 Å². The summed E-state index contributed by atoms with van der Waals surface area (Å²) in [6.45, 7) is 3.86. The van der Waals surface area contributed by atoms with Crippen LogP contribution in [0.25, 0.3) is 0 Å². The number of amides is 1. The van der Waals surface area contributed by atoms with Gasteiger partial charge in [-0.05, 0) is 80.0 Å². The molecule has 1 aliphatic carbocycles. The SMILES string of the molecule is CC[C@H](NC(=O)[C@@H](C)Oc1ccc(Cl)cc1)c1ccc2c(c1)CCCC2. The van der Waals surface area contributed by atoms with Crippen LogP contribution < -0.4 is 10.1 Å². The predicted molar refractivity (Wildman–Crippen MR) is 106 cm³/mol. The maximum Gasteiger partial charge on any atom is 0.261 e. The first-order valence-corrected chi connectivity index (χ1v) is 9.79. The van der Waals surface area contributed by atoms with Gasteiger partial charge in [-0.1, -0.05) is 36.7 Å². The van der Waals surface area contributed by atoms with Crippen LogP contribution in [0.5, 0.6) is 5.75 Å². The molecule has 3 rings (SSSR count). The molecule has 2 aromatic carbocycles. The Kier molecular flexibility index (Phi) is 6.20. The molecule has 2 atom stereocenters. The zero-order valence-electron chi connectivity index (χ0n) is 15.4. The average Bonchev–Trinajstić information content (AvgIpc) is 2.67. The van der Waals surface area contributed by atoms with Gasteiger partial charge in [0.25, 0.3) is 5.91 Å². The van der Waals surface area contributed by atoms with Gasteiger partial charge in [-0.25, -0.2) is 0 Å². The monoisotopic (exact) mass is 371 g/mol. The van der Waals surface area contributed by atoms with Crippen LogP contribution in [-0.2, 0) is 17.6 Å². The number of fused-ring (bicyclic) bond motifs is 1. The van der Waals surface area contributed by atoms with Gasteiger partial charge in [0.05, 0.1) is 6.04 Å². The lowest BCUT2D eigenvalue weighted by molar-refractivity contribution is -0.128. The quantitative estimate of drug-likeness (QED) is 0.752. The third-order valence-electron chi connectivity index (χ3n) is 5.00. The zero-order valence-corrected chi connectivity index (χ0v) is 16.2. The van der Waals surface area contributed by atoms with Crippen LogP contribution in [0.1, 0.15) is 55.8 Å². The maximum atomic E-state index is 12.6. The molecule has 0 aliphatic heterocycles. The van der Waals surface area contributed by atoms with Crippen molar-refractivity contribution in [3.05, 3.63) is 64.2 Å². The molecule has 0 spiro atoms. The molecule has 2 aromatic rings. The average molecular weight is 372 g/mol. The van der Waals surface area contributed by atoms with Gasteiger partial charge in [-0.2, -0.15) is 0 Å². The number of carbonyl (C=O) groups excluding carboxylic acids is 1. The van der Waals surface area contributed by atoms with Crippen molar-refractivity contribution < 1.29 is 9.53 Å². The lowest BCUT2D eigenvalue weighted by Gasteiger charge is -2.23. The Morgan fingerprint density at radius 3 is 2.50 bits per heavy atom. The molecule has 0 radical (unpaired) electrons. The first kappa shape index (κ1) is 18.8. The molecule has 0 heterocycles. The van der Waals surface area contributed by atoms with Crippen LogP contribution in [0.2, 0.25) is 5.02 Å². The minimum absolute atomic E-state index is 0.00555. The van der Waals surface area contributed by atoms with Crippen molar-refractivity contribution in [2.45, 2.75) is 58.1 Å². The summed E-state index contributed by atoms with van der Waals surface area (Å²) in [7, 11) is 0. The highest BCUT2D eigenvalue weighted by molar-refractivity contribution is 6.30. The van der Waals surface area contributed by atoms with Gasteiger partial charge in [-0.15, -0.1) is 0 Å². The fraction of sp³-hybridized carbons (Fsp3) is 0.409. The van der Waals surface area contributed by atoms with Gasteiger partial charge in [0.15, 0.2) is 6.10 Å². The van der Waals surface area contributed by atoms with Crippen molar-refractivity contribution in [1.82, 2.24) is 5.32 Å². The van der Waals surface area contributed by atoms with Crippen molar-refractivity contribution in [3.63, 3.8) is 0 Å². The normalized spacial score (nSPS) is 15.7. The van der Waals surface area contributed by atoms with Crippen LogP contribution >= 0.6 is 11.6 Å². The van der Waals surface area contributed by atoms with Gasteiger partial charge in [0.2, 0.25) is 0 Å². The molecule has 0 saturated carbocycles. The van der Waals surface area contributed by atoms with E-state index < -0.39 is 6.10 Å². The Morgan fingerprint density at radius 1 is 1.12 bits per heavy atom. The fourth-order valence-electron chi connectivity index (χ4n) is 3.45. The van der Waals surface area contributed by atoms with E-state index in [0.717, 1.165) is 12.8 Å². The van der Waals surface area contributed by atoms with Crippen LogP contribution in [0, 0.1) is 0 Å². The van der Waals surface area contributed by atoms with Crippen LogP contribution in [0.3, 0.4) is 0 Å². The summed E-state index contributed by atoms with van der Waals surface area (Å²) < 4.78 is 5.73. The molecule has 0 unspecified atom stereocenters. The summed E-state index contributed by atoms with van der Waals surface area (Å²) in [5.41, 5.74) is 4.08. The van der Waals surface area contributed by atoms with Gasteiger partial charge < -0.3 is 10.1 Å². The molecule has 0 bridgehead atoms. The minimum Gasteiger partial charge on any atom is -0.481 e. The number of aryl methyl sites for hydroxylation is 2. The number of hydrogen-bond donors (Lipinski definition) is 1. The number of hydrogen-bond acceptors (Lipinski definition) is 2. The Hall–Kier alpha value is -2.00. The lowest BCUT2D eigenvalue weighted by Crippen LogP contribution is -2.38. The summed E-state index contributed by atoms with van der Waals surface area (Å²) in [5, 5.41) is 3.78. The van der Waals surface area contributed by atoms with Crippen LogP contribution in [0.4, 0.5) is 0 Å². The second kappa shape index (κ2) is 8.59. The Morgan fingerprint density at radius 2 is 1.81 bits per heavy atom. The number of rotatable bonds is 6. The number of nitrogens with one attached hydrogen (secondary N) is 1. The van der Waals surface area contributed by atoms with E-state index in [9.17, 15) is 4.79 Å². The highest BCUT2D eigenvalue weighted by atomic mass is 35.5. The second-order valence-electron chi connectivity index (χ2n) is 6.92. The van der Waals surface area contributed by atoms with Gasteiger partial charge in [0, 0.05) is 5.02 Å². The summed E-state index contributed by atoms with van der Waals surface area (Å²) in [6.07, 6.45) is 5.13. The molecule has 1 N–H and O–H groups in total. The molecule has 0 saturated heterocycles. The van der Waals surface area contributed by atoms with Crippen molar-refractivity contribution in [3.8, 4) is 5.75 Å². The highest BCUT2D eigenvalue weighted by Crippen LogP contribution is 2.26. The standard InChI is InChI=1S/C22H26ClNO2/c1-3-21(18-9-8-16-6-4-5-7-17(16)14-18)24-22(25)15(2)26-20-12-10-19(23)11-13-20/h8-15,21H,3-7H2,1-2H3,(H,24,25)/t15-,21+/m1/s1. The third kappa shape index (κ3) is 4.59. The number of ether oxygens (including phenoxy) is 1. The predicted octanol–water partition coefficient (Wildman–Crippen LogP) is 5.25.